The van der Waals surface area contributed by atoms with Crippen molar-refractivity contribution in [3.05, 3.63) is 78.4 Å². The van der Waals surface area contributed by atoms with Crippen LogP contribution in [0, 0.1) is 0 Å². The SMILES string of the molecule is COc1ccc(-n2c(-c3ccc(C(C)(C)C)cc3)nc3nc4ccccc4nc32)cc1. The first-order valence-corrected chi connectivity index (χ1v) is 10.3. The second kappa shape index (κ2) is 7.20. The van der Waals surface area contributed by atoms with Crippen molar-refractivity contribution in [1.82, 2.24) is 19.5 Å². The number of fused-ring (bicyclic) bond motifs is 2. The summed E-state index contributed by atoms with van der Waals surface area (Å²) in [6.45, 7) is 6.65. The summed E-state index contributed by atoms with van der Waals surface area (Å²) in [6, 6.07) is 24.4. The third kappa shape index (κ3) is 3.42. The highest BCUT2D eigenvalue weighted by molar-refractivity contribution is 5.86. The van der Waals surface area contributed by atoms with Crippen LogP contribution in [0.25, 0.3) is 39.4 Å². The van der Waals surface area contributed by atoms with Gasteiger partial charge in [-0.25, -0.2) is 15.0 Å². The zero-order chi connectivity index (χ0) is 21.6. The predicted octanol–water partition coefficient (Wildman–Crippen LogP) is 5.94. The van der Waals surface area contributed by atoms with Gasteiger partial charge in [-0.05, 0) is 47.4 Å². The first kappa shape index (κ1) is 19.2. The second-order valence-electron chi connectivity index (χ2n) is 8.66. The molecule has 5 aromatic rings. The number of aromatic nitrogens is 4. The second-order valence-corrected chi connectivity index (χ2v) is 8.66. The van der Waals surface area contributed by atoms with E-state index in [-0.39, 0.29) is 5.41 Å². The number of rotatable bonds is 3. The van der Waals surface area contributed by atoms with Gasteiger partial charge in [0.05, 0.1) is 18.1 Å². The molecule has 0 aliphatic carbocycles. The Morgan fingerprint density at radius 1 is 0.742 bits per heavy atom. The van der Waals surface area contributed by atoms with Gasteiger partial charge in [0, 0.05) is 11.3 Å². The molecule has 0 saturated heterocycles. The van der Waals surface area contributed by atoms with Crippen LogP contribution < -0.4 is 4.74 Å². The quantitative estimate of drug-likeness (QED) is 0.371. The molecule has 0 aliphatic rings. The minimum atomic E-state index is 0.0927. The Morgan fingerprint density at radius 2 is 1.39 bits per heavy atom. The Morgan fingerprint density at radius 3 is 2.00 bits per heavy atom. The van der Waals surface area contributed by atoms with Crippen LogP contribution in [0.3, 0.4) is 0 Å². The highest BCUT2D eigenvalue weighted by Crippen LogP contribution is 2.31. The summed E-state index contributed by atoms with van der Waals surface area (Å²) in [5.41, 5.74) is 6.41. The minimum Gasteiger partial charge on any atom is -0.497 e. The maximum Gasteiger partial charge on any atom is 0.199 e. The van der Waals surface area contributed by atoms with Crippen LogP contribution in [0.1, 0.15) is 26.3 Å². The lowest BCUT2D eigenvalue weighted by Gasteiger charge is -2.19. The standard InChI is InChI=1S/C26H24N4O/c1-26(2,3)18-11-9-17(10-12-18)24-29-23-25(28-22-8-6-5-7-21(22)27-23)30(24)19-13-15-20(31-4)16-14-19/h5-16H,1-4H3. The predicted molar refractivity (Wildman–Crippen MR) is 125 cm³/mol. The summed E-state index contributed by atoms with van der Waals surface area (Å²) < 4.78 is 7.41. The van der Waals surface area contributed by atoms with Crippen LogP contribution in [-0.4, -0.2) is 26.6 Å². The summed E-state index contributed by atoms with van der Waals surface area (Å²) in [5, 5.41) is 0. The number of hydrogen-bond donors (Lipinski definition) is 0. The van der Waals surface area contributed by atoms with Gasteiger partial charge in [-0.15, -0.1) is 0 Å². The van der Waals surface area contributed by atoms with Crippen molar-refractivity contribution in [2.45, 2.75) is 26.2 Å². The first-order chi connectivity index (χ1) is 14.9. The molecular weight excluding hydrogens is 384 g/mol. The van der Waals surface area contributed by atoms with E-state index in [4.69, 9.17) is 19.7 Å². The molecule has 0 spiro atoms. The fourth-order valence-electron chi connectivity index (χ4n) is 3.75. The normalized spacial score (nSPS) is 11.9. The van der Waals surface area contributed by atoms with Crippen molar-refractivity contribution in [2.24, 2.45) is 0 Å². The van der Waals surface area contributed by atoms with Gasteiger partial charge < -0.3 is 4.74 Å². The van der Waals surface area contributed by atoms with E-state index in [0.29, 0.717) is 5.65 Å². The van der Waals surface area contributed by atoms with E-state index in [1.165, 1.54) is 5.56 Å². The minimum absolute atomic E-state index is 0.0927. The van der Waals surface area contributed by atoms with Crippen LogP contribution in [0.4, 0.5) is 0 Å². The largest absolute Gasteiger partial charge is 0.497 e. The molecule has 154 valence electrons. The molecule has 0 unspecified atom stereocenters. The fraction of sp³-hybridized carbons (Fsp3) is 0.192. The number of hydrogen-bond acceptors (Lipinski definition) is 4. The van der Waals surface area contributed by atoms with E-state index in [1.807, 2.05) is 48.5 Å². The molecule has 0 amide bonds. The number of benzene rings is 3. The Bertz CT molecular complexity index is 1380. The topological polar surface area (TPSA) is 52.8 Å². The van der Waals surface area contributed by atoms with Crippen LogP contribution in [0.15, 0.2) is 72.8 Å². The summed E-state index contributed by atoms with van der Waals surface area (Å²) in [5.74, 6) is 1.62. The summed E-state index contributed by atoms with van der Waals surface area (Å²) in [4.78, 5) is 14.6. The molecule has 5 rings (SSSR count). The molecule has 5 nitrogen and oxygen atoms in total. The number of ether oxygens (including phenoxy) is 1. The van der Waals surface area contributed by atoms with Crippen molar-refractivity contribution < 1.29 is 4.74 Å². The van der Waals surface area contributed by atoms with Crippen molar-refractivity contribution in [3.63, 3.8) is 0 Å². The zero-order valence-corrected chi connectivity index (χ0v) is 18.1. The highest BCUT2D eigenvalue weighted by atomic mass is 16.5. The van der Waals surface area contributed by atoms with Gasteiger partial charge in [-0.3, -0.25) is 4.57 Å². The maximum atomic E-state index is 5.34. The van der Waals surface area contributed by atoms with Gasteiger partial charge in [-0.2, -0.15) is 0 Å². The van der Waals surface area contributed by atoms with Gasteiger partial charge >= 0.3 is 0 Å². The van der Waals surface area contributed by atoms with E-state index < -0.39 is 0 Å². The molecule has 0 bridgehead atoms. The third-order valence-corrected chi connectivity index (χ3v) is 5.51. The Hall–Kier alpha value is -3.73. The number of methoxy groups -OCH3 is 1. The van der Waals surface area contributed by atoms with Gasteiger partial charge in [0.25, 0.3) is 0 Å². The van der Waals surface area contributed by atoms with Crippen molar-refractivity contribution in [2.75, 3.05) is 7.11 Å². The van der Waals surface area contributed by atoms with Crippen LogP contribution >= 0.6 is 0 Å². The molecule has 0 radical (unpaired) electrons. The number of nitrogens with zero attached hydrogens (tertiary/aromatic N) is 4. The Balaban J connectivity index is 1.77. The summed E-state index contributed by atoms with van der Waals surface area (Å²) in [6.07, 6.45) is 0. The molecule has 31 heavy (non-hydrogen) atoms. The molecule has 0 atom stereocenters. The molecule has 0 fully saturated rings. The van der Waals surface area contributed by atoms with Gasteiger partial charge in [0.15, 0.2) is 11.3 Å². The molecule has 0 N–H and O–H groups in total. The van der Waals surface area contributed by atoms with Crippen molar-refractivity contribution in [3.8, 4) is 22.8 Å². The van der Waals surface area contributed by atoms with Gasteiger partial charge in [-0.1, -0.05) is 57.2 Å². The number of imidazole rings is 1. The van der Waals surface area contributed by atoms with E-state index in [9.17, 15) is 0 Å². The van der Waals surface area contributed by atoms with E-state index in [2.05, 4.69) is 49.6 Å². The molecule has 5 heteroatoms. The van der Waals surface area contributed by atoms with Crippen LogP contribution in [-0.2, 0) is 5.41 Å². The average Bonchev–Trinajstić information content (AvgIpc) is 3.15. The molecular formula is C26H24N4O. The van der Waals surface area contributed by atoms with Crippen molar-refractivity contribution >= 4 is 22.3 Å². The Kier molecular flexibility index (Phi) is 4.47. The lowest BCUT2D eigenvalue weighted by molar-refractivity contribution is 0.415. The summed E-state index contributed by atoms with van der Waals surface area (Å²) in [7, 11) is 1.67. The highest BCUT2D eigenvalue weighted by Gasteiger charge is 2.19. The zero-order valence-electron chi connectivity index (χ0n) is 18.1. The Labute approximate surface area is 181 Å². The summed E-state index contributed by atoms with van der Waals surface area (Å²) >= 11 is 0. The van der Waals surface area contributed by atoms with Crippen LogP contribution in [0.5, 0.6) is 5.75 Å². The lowest BCUT2D eigenvalue weighted by atomic mass is 9.87. The van der Waals surface area contributed by atoms with Crippen molar-refractivity contribution in [1.29, 1.82) is 0 Å². The van der Waals surface area contributed by atoms with Gasteiger partial charge in [0.2, 0.25) is 0 Å². The first-order valence-electron chi connectivity index (χ1n) is 10.3. The lowest BCUT2D eigenvalue weighted by Crippen LogP contribution is -2.10. The average molecular weight is 409 g/mol. The maximum absolute atomic E-state index is 5.34. The smallest absolute Gasteiger partial charge is 0.199 e. The van der Waals surface area contributed by atoms with E-state index >= 15 is 0 Å². The third-order valence-electron chi connectivity index (χ3n) is 5.51. The molecule has 0 saturated carbocycles. The molecule has 2 aromatic heterocycles. The molecule has 2 heterocycles. The fourth-order valence-corrected chi connectivity index (χ4v) is 3.75. The molecule has 3 aromatic carbocycles. The van der Waals surface area contributed by atoms with Gasteiger partial charge in [0.1, 0.15) is 11.6 Å². The monoisotopic (exact) mass is 408 g/mol. The number of para-hydroxylation sites is 2. The van der Waals surface area contributed by atoms with Crippen LogP contribution in [0.2, 0.25) is 0 Å². The molecule has 0 aliphatic heterocycles. The van der Waals surface area contributed by atoms with E-state index in [1.54, 1.807) is 7.11 Å². The van der Waals surface area contributed by atoms with E-state index in [0.717, 1.165) is 39.5 Å².